The fourth-order valence-electron chi connectivity index (χ4n) is 3.54. The Balaban J connectivity index is 1.59. The molecule has 0 unspecified atom stereocenters. The first-order chi connectivity index (χ1) is 12.9. The first kappa shape index (κ1) is 19.1. The maximum Gasteiger partial charge on any atom is 0.248 e. The van der Waals surface area contributed by atoms with Crippen LogP contribution >= 0.6 is 0 Å². The molecule has 4 N–H and O–H groups in total. The number of carbonyl (C=O) groups is 2. The molecule has 0 saturated heterocycles. The number of hydrogen-bond acceptors (Lipinski definition) is 3. The molecular formula is C22H27N3O2. The molecule has 0 fully saturated rings. The summed E-state index contributed by atoms with van der Waals surface area (Å²) in [5.41, 5.74) is 10.4. The molecule has 2 atom stereocenters. The van der Waals surface area contributed by atoms with E-state index in [1.54, 1.807) is 24.3 Å². The van der Waals surface area contributed by atoms with Crippen molar-refractivity contribution < 1.29 is 9.59 Å². The number of carbonyl (C=O) groups excluding carboxylic acids is 2. The van der Waals surface area contributed by atoms with Gasteiger partial charge in [-0.2, -0.15) is 0 Å². The zero-order chi connectivity index (χ0) is 19.4. The van der Waals surface area contributed by atoms with E-state index in [-0.39, 0.29) is 18.0 Å². The molecule has 1 aliphatic rings. The maximum absolute atomic E-state index is 12.5. The van der Waals surface area contributed by atoms with Gasteiger partial charge >= 0.3 is 0 Å². The van der Waals surface area contributed by atoms with E-state index < -0.39 is 5.91 Å². The molecule has 5 nitrogen and oxygen atoms in total. The standard InChI is InChI=1S/C22H27N3O2/c1-14(18-8-7-16-5-3-4-6-19(16)13-18)24-15(2)22(27)25-20-11-9-17(10-12-20)21(23)26/h7-15,24H,3-6H2,1-2H3,(H2,23,26)(H,25,27)/t14-,15+/m0/s1. The van der Waals surface area contributed by atoms with E-state index >= 15 is 0 Å². The fourth-order valence-corrected chi connectivity index (χ4v) is 3.54. The van der Waals surface area contributed by atoms with Gasteiger partial charge < -0.3 is 11.1 Å². The van der Waals surface area contributed by atoms with Crippen molar-refractivity contribution in [3.8, 4) is 0 Å². The number of rotatable bonds is 6. The van der Waals surface area contributed by atoms with Gasteiger partial charge in [-0.1, -0.05) is 18.2 Å². The van der Waals surface area contributed by atoms with E-state index in [2.05, 4.69) is 35.8 Å². The van der Waals surface area contributed by atoms with E-state index in [1.807, 2.05) is 6.92 Å². The van der Waals surface area contributed by atoms with Gasteiger partial charge in [0.15, 0.2) is 0 Å². The van der Waals surface area contributed by atoms with Crippen molar-refractivity contribution in [2.24, 2.45) is 5.73 Å². The normalized spacial score (nSPS) is 15.5. The lowest BCUT2D eigenvalue weighted by Gasteiger charge is -2.22. The Morgan fingerprint density at radius 2 is 1.63 bits per heavy atom. The molecule has 2 amide bonds. The Labute approximate surface area is 160 Å². The lowest BCUT2D eigenvalue weighted by molar-refractivity contribution is -0.117. The van der Waals surface area contributed by atoms with E-state index in [0.29, 0.717) is 11.3 Å². The SMILES string of the molecule is C[C@H](N[C@H](C)C(=O)Nc1ccc(C(N)=O)cc1)c1ccc2c(c1)CCCC2. The highest BCUT2D eigenvalue weighted by molar-refractivity contribution is 5.96. The Morgan fingerprint density at radius 1 is 0.963 bits per heavy atom. The first-order valence-electron chi connectivity index (χ1n) is 9.52. The Kier molecular flexibility index (Phi) is 5.91. The van der Waals surface area contributed by atoms with Crippen LogP contribution in [0.4, 0.5) is 5.69 Å². The largest absolute Gasteiger partial charge is 0.366 e. The summed E-state index contributed by atoms with van der Waals surface area (Å²) in [4.78, 5) is 23.6. The summed E-state index contributed by atoms with van der Waals surface area (Å²) in [5.74, 6) is -0.603. The van der Waals surface area contributed by atoms with Crippen LogP contribution in [0.3, 0.4) is 0 Å². The molecule has 0 heterocycles. The van der Waals surface area contributed by atoms with Crippen molar-refractivity contribution in [1.29, 1.82) is 0 Å². The molecule has 0 aromatic heterocycles. The molecule has 2 aromatic carbocycles. The summed E-state index contributed by atoms with van der Waals surface area (Å²) in [5, 5.41) is 6.23. The van der Waals surface area contributed by atoms with Gasteiger partial charge in [-0.25, -0.2) is 0 Å². The molecule has 2 aromatic rings. The minimum Gasteiger partial charge on any atom is -0.366 e. The third kappa shape index (κ3) is 4.74. The van der Waals surface area contributed by atoms with Crippen molar-refractivity contribution in [3.63, 3.8) is 0 Å². The van der Waals surface area contributed by atoms with Crippen LogP contribution in [0.5, 0.6) is 0 Å². The van der Waals surface area contributed by atoms with Gasteiger partial charge in [-0.05, 0) is 80.5 Å². The Bertz CT molecular complexity index is 830. The second-order valence-electron chi connectivity index (χ2n) is 7.28. The molecule has 0 bridgehead atoms. The number of hydrogen-bond donors (Lipinski definition) is 3. The first-order valence-corrected chi connectivity index (χ1v) is 9.52. The van der Waals surface area contributed by atoms with E-state index in [4.69, 9.17) is 5.73 Å². The minimum absolute atomic E-state index is 0.0789. The molecule has 0 radical (unpaired) electrons. The quantitative estimate of drug-likeness (QED) is 0.734. The van der Waals surface area contributed by atoms with Gasteiger partial charge in [0, 0.05) is 17.3 Å². The van der Waals surface area contributed by atoms with Gasteiger partial charge in [-0.15, -0.1) is 0 Å². The number of amides is 2. The molecule has 1 aliphatic carbocycles. The number of nitrogens with one attached hydrogen (secondary N) is 2. The van der Waals surface area contributed by atoms with Crippen molar-refractivity contribution in [3.05, 3.63) is 64.7 Å². The summed E-state index contributed by atoms with van der Waals surface area (Å²) in [6.45, 7) is 3.93. The molecule has 0 spiro atoms. The predicted molar refractivity (Wildman–Crippen MR) is 108 cm³/mol. The van der Waals surface area contributed by atoms with E-state index in [1.165, 1.54) is 36.0 Å². The van der Waals surface area contributed by atoms with Crippen molar-refractivity contribution in [2.75, 3.05) is 5.32 Å². The lowest BCUT2D eigenvalue weighted by atomic mass is 9.89. The number of aryl methyl sites for hydroxylation is 2. The summed E-state index contributed by atoms with van der Waals surface area (Å²) in [7, 11) is 0. The highest BCUT2D eigenvalue weighted by Gasteiger charge is 2.18. The number of nitrogens with two attached hydrogens (primary N) is 1. The van der Waals surface area contributed by atoms with Crippen LogP contribution in [0, 0.1) is 0 Å². The Hall–Kier alpha value is -2.66. The van der Waals surface area contributed by atoms with Gasteiger partial charge in [0.05, 0.1) is 6.04 Å². The summed E-state index contributed by atoms with van der Waals surface area (Å²) in [6.07, 6.45) is 4.85. The minimum atomic E-state index is -0.484. The van der Waals surface area contributed by atoms with Crippen LogP contribution in [0.15, 0.2) is 42.5 Å². The average Bonchev–Trinajstić information content (AvgIpc) is 2.67. The van der Waals surface area contributed by atoms with Crippen molar-refractivity contribution >= 4 is 17.5 Å². The monoisotopic (exact) mass is 365 g/mol. The second kappa shape index (κ2) is 8.35. The summed E-state index contributed by atoms with van der Waals surface area (Å²) in [6, 6.07) is 13.0. The number of primary amides is 1. The third-order valence-electron chi connectivity index (χ3n) is 5.20. The maximum atomic E-state index is 12.5. The second-order valence-corrected chi connectivity index (χ2v) is 7.28. The smallest absolute Gasteiger partial charge is 0.248 e. The van der Waals surface area contributed by atoms with Crippen molar-refractivity contribution in [2.45, 2.75) is 51.6 Å². The van der Waals surface area contributed by atoms with Gasteiger partial charge in [0.2, 0.25) is 11.8 Å². The molecule has 0 aliphatic heterocycles. The average molecular weight is 365 g/mol. The molecule has 142 valence electrons. The van der Waals surface area contributed by atoms with Crippen LogP contribution in [-0.2, 0) is 17.6 Å². The molecular weight excluding hydrogens is 338 g/mol. The van der Waals surface area contributed by atoms with Gasteiger partial charge in [0.25, 0.3) is 0 Å². The van der Waals surface area contributed by atoms with Gasteiger partial charge in [0.1, 0.15) is 0 Å². The Morgan fingerprint density at radius 3 is 2.30 bits per heavy atom. The van der Waals surface area contributed by atoms with Crippen LogP contribution < -0.4 is 16.4 Å². The number of fused-ring (bicyclic) bond motifs is 1. The van der Waals surface area contributed by atoms with Gasteiger partial charge in [-0.3, -0.25) is 14.9 Å². The van der Waals surface area contributed by atoms with E-state index in [9.17, 15) is 9.59 Å². The third-order valence-corrected chi connectivity index (χ3v) is 5.20. The molecule has 5 heteroatoms. The zero-order valence-corrected chi connectivity index (χ0v) is 15.9. The predicted octanol–water partition coefficient (Wildman–Crippen LogP) is 3.34. The van der Waals surface area contributed by atoms with Crippen molar-refractivity contribution in [1.82, 2.24) is 5.32 Å². The number of anilines is 1. The van der Waals surface area contributed by atoms with Crippen LogP contribution in [0.25, 0.3) is 0 Å². The summed E-state index contributed by atoms with van der Waals surface area (Å²) < 4.78 is 0. The molecule has 3 rings (SSSR count). The zero-order valence-electron chi connectivity index (χ0n) is 15.9. The molecule has 0 saturated carbocycles. The highest BCUT2D eigenvalue weighted by atomic mass is 16.2. The topological polar surface area (TPSA) is 84.2 Å². The highest BCUT2D eigenvalue weighted by Crippen LogP contribution is 2.25. The molecule has 27 heavy (non-hydrogen) atoms. The lowest BCUT2D eigenvalue weighted by Crippen LogP contribution is -2.39. The van der Waals surface area contributed by atoms with E-state index in [0.717, 1.165) is 6.42 Å². The number of benzene rings is 2. The fraction of sp³-hybridized carbons (Fsp3) is 0.364. The summed E-state index contributed by atoms with van der Waals surface area (Å²) >= 11 is 0. The van der Waals surface area contributed by atoms with Crippen LogP contribution in [-0.4, -0.2) is 17.9 Å². The van der Waals surface area contributed by atoms with Crippen LogP contribution in [0.2, 0.25) is 0 Å². The van der Waals surface area contributed by atoms with Crippen LogP contribution in [0.1, 0.15) is 59.8 Å².